The molecule has 0 aromatic heterocycles. The van der Waals surface area contributed by atoms with Crippen LogP contribution in [0, 0.1) is 6.92 Å². The van der Waals surface area contributed by atoms with Gasteiger partial charge in [-0.15, -0.1) is 0 Å². The molecular formula is C12H15NO2. The molecule has 80 valence electrons. The summed E-state index contributed by atoms with van der Waals surface area (Å²) in [6.45, 7) is 3.06. The molecule has 0 spiro atoms. The van der Waals surface area contributed by atoms with Crippen LogP contribution >= 0.6 is 0 Å². The normalized spacial score (nSPS) is 20.7. The number of aliphatic hydroxyl groups excluding tert-OH is 1. The van der Waals surface area contributed by atoms with Gasteiger partial charge in [-0.3, -0.25) is 4.79 Å². The summed E-state index contributed by atoms with van der Waals surface area (Å²) in [6.07, 6.45) is 0.343. The fourth-order valence-electron chi connectivity index (χ4n) is 1.91. The fourth-order valence-corrected chi connectivity index (χ4v) is 1.91. The SMILES string of the molecule is Cc1ccccc1C(=O)N1CCC(O)C1. The van der Waals surface area contributed by atoms with Crippen molar-refractivity contribution in [3.05, 3.63) is 35.4 Å². The Hall–Kier alpha value is -1.35. The van der Waals surface area contributed by atoms with E-state index in [1.807, 2.05) is 31.2 Å². The zero-order chi connectivity index (χ0) is 10.8. The van der Waals surface area contributed by atoms with Crippen LogP contribution in [0.15, 0.2) is 24.3 Å². The summed E-state index contributed by atoms with van der Waals surface area (Å²) in [4.78, 5) is 13.7. The molecule has 3 heteroatoms. The monoisotopic (exact) mass is 205 g/mol. The summed E-state index contributed by atoms with van der Waals surface area (Å²) in [6, 6.07) is 7.56. The number of benzene rings is 1. The smallest absolute Gasteiger partial charge is 0.254 e. The number of β-amino-alcohol motifs (C(OH)–C–C–N with tert-alkyl or cyclic N) is 1. The second-order valence-electron chi connectivity index (χ2n) is 4.01. The molecule has 1 fully saturated rings. The van der Waals surface area contributed by atoms with Gasteiger partial charge in [0.1, 0.15) is 0 Å². The van der Waals surface area contributed by atoms with E-state index in [0.717, 1.165) is 11.1 Å². The van der Waals surface area contributed by atoms with E-state index in [0.29, 0.717) is 19.5 Å². The predicted octanol–water partition coefficient (Wildman–Crippen LogP) is 1.20. The van der Waals surface area contributed by atoms with Gasteiger partial charge >= 0.3 is 0 Å². The minimum Gasteiger partial charge on any atom is -0.391 e. The number of carbonyl (C=O) groups is 1. The number of likely N-dealkylation sites (tertiary alicyclic amines) is 1. The third-order valence-corrected chi connectivity index (χ3v) is 2.83. The van der Waals surface area contributed by atoms with Gasteiger partial charge in [0.25, 0.3) is 5.91 Å². The summed E-state index contributed by atoms with van der Waals surface area (Å²) in [5.74, 6) is 0.0321. The van der Waals surface area contributed by atoms with Crippen LogP contribution in [-0.4, -0.2) is 35.1 Å². The maximum atomic E-state index is 12.0. The number of amides is 1. The van der Waals surface area contributed by atoms with Gasteiger partial charge < -0.3 is 10.0 Å². The second kappa shape index (κ2) is 4.03. The van der Waals surface area contributed by atoms with Crippen LogP contribution in [0.5, 0.6) is 0 Å². The lowest BCUT2D eigenvalue weighted by molar-refractivity contribution is 0.0764. The van der Waals surface area contributed by atoms with E-state index in [1.165, 1.54) is 0 Å². The van der Waals surface area contributed by atoms with Gasteiger partial charge in [-0.05, 0) is 25.0 Å². The van der Waals surface area contributed by atoms with Gasteiger partial charge in [0, 0.05) is 18.7 Å². The van der Waals surface area contributed by atoms with Crippen LogP contribution in [0.3, 0.4) is 0 Å². The molecular weight excluding hydrogens is 190 g/mol. The highest BCUT2D eigenvalue weighted by atomic mass is 16.3. The Balaban J connectivity index is 2.18. The number of carbonyl (C=O) groups excluding carboxylic acids is 1. The molecule has 1 aromatic carbocycles. The van der Waals surface area contributed by atoms with E-state index < -0.39 is 0 Å². The van der Waals surface area contributed by atoms with Crippen LogP contribution in [0.2, 0.25) is 0 Å². The molecule has 0 radical (unpaired) electrons. The van der Waals surface area contributed by atoms with Gasteiger partial charge in [-0.2, -0.15) is 0 Å². The van der Waals surface area contributed by atoms with Crippen LogP contribution in [-0.2, 0) is 0 Å². The molecule has 1 aliphatic rings. The lowest BCUT2D eigenvalue weighted by atomic mass is 10.1. The number of hydrogen-bond donors (Lipinski definition) is 1. The van der Waals surface area contributed by atoms with Gasteiger partial charge in [0.15, 0.2) is 0 Å². The standard InChI is InChI=1S/C12H15NO2/c1-9-4-2-3-5-11(9)12(15)13-7-6-10(14)8-13/h2-5,10,14H,6-8H2,1H3. The third kappa shape index (κ3) is 2.02. The van der Waals surface area contributed by atoms with Gasteiger partial charge in [-0.25, -0.2) is 0 Å². The lowest BCUT2D eigenvalue weighted by Gasteiger charge is -2.16. The average molecular weight is 205 g/mol. The molecule has 1 unspecified atom stereocenters. The topological polar surface area (TPSA) is 40.5 Å². The number of nitrogens with zero attached hydrogens (tertiary/aromatic N) is 1. The molecule has 1 atom stereocenters. The van der Waals surface area contributed by atoms with Crippen molar-refractivity contribution in [2.45, 2.75) is 19.4 Å². The first kappa shape index (κ1) is 10.2. The van der Waals surface area contributed by atoms with Crippen molar-refractivity contribution in [3.63, 3.8) is 0 Å². The van der Waals surface area contributed by atoms with Gasteiger partial charge in [-0.1, -0.05) is 18.2 Å². The van der Waals surface area contributed by atoms with E-state index in [-0.39, 0.29) is 12.0 Å². The number of aryl methyl sites for hydroxylation is 1. The summed E-state index contributed by atoms with van der Waals surface area (Å²) >= 11 is 0. The Bertz CT molecular complexity index is 376. The van der Waals surface area contributed by atoms with Crippen molar-refractivity contribution in [1.82, 2.24) is 4.90 Å². The van der Waals surface area contributed by atoms with Crippen molar-refractivity contribution < 1.29 is 9.90 Å². The first-order chi connectivity index (χ1) is 7.18. The number of aliphatic hydroxyl groups is 1. The van der Waals surface area contributed by atoms with Gasteiger partial charge in [0.2, 0.25) is 0 Å². The molecule has 1 saturated heterocycles. The van der Waals surface area contributed by atoms with E-state index in [9.17, 15) is 9.90 Å². The number of hydrogen-bond acceptors (Lipinski definition) is 2. The quantitative estimate of drug-likeness (QED) is 0.748. The van der Waals surface area contributed by atoms with Crippen molar-refractivity contribution in [2.75, 3.05) is 13.1 Å². The zero-order valence-corrected chi connectivity index (χ0v) is 8.81. The van der Waals surface area contributed by atoms with E-state index in [4.69, 9.17) is 0 Å². The van der Waals surface area contributed by atoms with E-state index in [1.54, 1.807) is 4.90 Å². The molecule has 2 rings (SSSR count). The highest BCUT2D eigenvalue weighted by Crippen LogP contribution is 2.15. The molecule has 1 amide bonds. The minimum absolute atomic E-state index is 0.0321. The van der Waals surface area contributed by atoms with Crippen LogP contribution in [0.1, 0.15) is 22.3 Å². The molecule has 0 aliphatic carbocycles. The van der Waals surface area contributed by atoms with Crippen LogP contribution < -0.4 is 0 Å². The molecule has 1 aliphatic heterocycles. The average Bonchev–Trinajstić information content (AvgIpc) is 2.65. The first-order valence-corrected chi connectivity index (χ1v) is 5.21. The molecule has 1 N–H and O–H groups in total. The summed E-state index contributed by atoms with van der Waals surface area (Å²) in [5.41, 5.74) is 1.73. The highest BCUT2D eigenvalue weighted by Gasteiger charge is 2.25. The second-order valence-corrected chi connectivity index (χ2v) is 4.01. The third-order valence-electron chi connectivity index (χ3n) is 2.83. The number of rotatable bonds is 1. The summed E-state index contributed by atoms with van der Waals surface area (Å²) in [7, 11) is 0. The van der Waals surface area contributed by atoms with Gasteiger partial charge in [0.05, 0.1) is 6.10 Å². The summed E-state index contributed by atoms with van der Waals surface area (Å²) < 4.78 is 0. The molecule has 3 nitrogen and oxygen atoms in total. The Morgan fingerprint density at radius 2 is 2.20 bits per heavy atom. The first-order valence-electron chi connectivity index (χ1n) is 5.21. The van der Waals surface area contributed by atoms with Crippen LogP contribution in [0.25, 0.3) is 0 Å². The Kier molecular flexibility index (Phi) is 2.73. The summed E-state index contributed by atoms with van der Waals surface area (Å²) in [5, 5.41) is 9.37. The maximum Gasteiger partial charge on any atom is 0.254 e. The van der Waals surface area contributed by atoms with E-state index >= 15 is 0 Å². The molecule has 1 heterocycles. The Morgan fingerprint density at radius 1 is 1.47 bits per heavy atom. The maximum absolute atomic E-state index is 12.0. The van der Waals surface area contributed by atoms with Crippen LogP contribution in [0.4, 0.5) is 0 Å². The Labute approximate surface area is 89.3 Å². The molecule has 0 saturated carbocycles. The fraction of sp³-hybridized carbons (Fsp3) is 0.417. The molecule has 15 heavy (non-hydrogen) atoms. The lowest BCUT2D eigenvalue weighted by Crippen LogP contribution is -2.30. The van der Waals surface area contributed by atoms with Crippen molar-refractivity contribution >= 4 is 5.91 Å². The Morgan fingerprint density at radius 3 is 2.80 bits per heavy atom. The van der Waals surface area contributed by atoms with Crippen molar-refractivity contribution in [3.8, 4) is 0 Å². The predicted molar refractivity (Wildman–Crippen MR) is 57.7 cm³/mol. The molecule has 1 aromatic rings. The zero-order valence-electron chi connectivity index (χ0n) is 8.81. The van der Waals surface area contributed by atoms with Crippen molar-refractivity contribution in [1.29, 1.82) is 0 Å². The van der Waals surface area contributed by atoms with Crippen molar-refractivity contribution in [2.24, 2.45) is 0 Å². The highest BCUT2D eigenvalue weighted by molar-refractivity contribution is 5.95. The molecule has 0 bridgehead atoms. The van der Waals surface area contributed by atoms with E-state index in [2.05, 4.69) is 0 Å². The largest absolute Gasteiger partial charge is 0.391 e. The minimum atomic E-state index is -0.349.